The molecule has 0 saturated heterocycles. The van der Waals surface area contributed by atoms with Gasteiger partial charge in [0.2, 0.25) is 0 Å². The summed E-state index contributed by atoms with van der Waals surface area (Å²) < 4.78 is 1.16. The minimum atomic E-state index is -0.464. The smallest absolute Gasteiger partial charge is 0.270 e. The largest absolute Gasteiger partial charge is 0.298 e. The first-order chi connectivity index (χ1) is 16.0. The van der Waals surface area contributed by atoms with Crippen LogP contribution in [0.2, 0.25) is 5.02 Å². The third-order valence-electron chi connectivity index (χ3n) is 5.23. The number of fused-ring (bicyclic) bond motifs is 1. The zero-order valence-corrected chi connectivity index (χ0v) is 18.3. The van der Waals surface area contributed by atoms with Crippen LogP contribution in [0.25, 0.3) is 33.7 Å². The first kappa shape index (κ1) is 20.7. The van der Waals surface area contributed by atoms with Gasteiger partial charge in [-0.1, -0.05) is 65.7 Å². The SMILES string of the molecule is Cc1cccc(-c2nc3c(-c4ccc(Cl)cc4)n[nH]c3c(=O)n2NC(=O)c2ccccc2)c1. The van der Waals surface area contributed by atoms with E-state index in [2.05, 4.69) is 15.6 Å². The van der Waals surface area contributed by atoms with Crippen LogP contribution in [-0.4, -0.2) is 25.8 Å². The topological polar surface area (TPSA) is 92.7 Å². The van der Waals surface area contributed by atoms with Crippen LogP contribution in [0.5, 0.6) is 0 Å². The fraction of sp³-hybridized carbons (Fsp3) is 0.0400. The highest BCUT2D eigenvalue weighted by Crippen LogP contribution is 2.27. The van der Waals surface area contributed by atoms with Gasteiger partial charge in [-0.25, -0.2) is 4.98 Å². The molecule has 0 aliphatic heterocycles. The van der Waals surface area contributed by atoms with E-state index in [4.69, 9.17) is 16.6 Å². The molecule has 0 fully saturated rings. The van der Waals surface area contributed by atoms with Gasteiger partial charge in [0.1, 0.15) is 11.2 Å². The van der Waals surface area contributed by atoms with Crippen LogP contribution in [0.4, 0.5) is 0 Å². The van der Waals surface area contributed by atoms with Crippen LogP contribution >= 0.6 is 11.6 Å². The fourth-order valence-electron chi connectivity index (χ4n) is 3.60. The van der Waals surface area contributed by atoms with E-state index in [1.807, 2.05) is 49.4 Å². The van der Waals surface area contributed by atoms with Gasteiger partial charge in [-0.05, 0) is 37.3 Å². The zero-order valence-electron chi connectivity index (χ0n) is 17.5. The lowest BCUT2D eigenvalue weighted by atomic mass is 10.1. The maximum Gasteiger partial charge on any atom is 0.298 e. The Kier molecular flexibility index (Phi) is 5.24. The molecule has 2 aromatic heterocycles. The van der Waals surface area contributed by atoms with Gasteiger partial charge < -0.3 is 0 Å². The number of aromatic nitrogens is 4. The molecule has 0 saturated carbocycles. The average Bonchev–Trinajstić information content (AvgIpc) is 3.26. The Hall–Kier alpha value is -4.23. The van der Waals surface area contributed by atoms with E-state index in [-0.39, 0.29) is 5.52 Å². The third-order valence-corrected chi connectivity index (χ3v) is 5.48. The second kappa shape index (κ2) is 8.37. The third kappa shape index (κ3) is 3.90. The molecule has 2 N–H and O–H groups in total. The molecule has 0 bridgehead atoms. The van der Waals surface area contributed by atoms with Crippen molar-refractivity contribution in [3.05, 3.63) is 105 Å². The number of amides is 1. The molecule has 0 radical (unpaired) electrons. The monoisotopic (exact) mass is 455 g/mol. The van der Waals surface area contributed by atoms with Crippen molar-refractivity contribution >= 4 is 28.5 Å². The molecule has 0 unspecified atom stereocenters. The second-order valence-corrected chi connectivity index (χ2v) is 7.99. The molecule has 8 heteroatoms. The molecule has 3 aromatic carbocycles. The Balaban J connectivity index is 1.72. The molecule has 5 rings (SSSR count). The number of nitrogens with zero attached hydrogens (tertiary/aromatic N) is 3. The molecular formula is C25H18ClN5O2. The van der Waals surface area contributed by atoms with E-state index in [0.717, 1.165) is 15.8 Å². The highest BCUT2D eigenvalue weighted by Gasteiger charge is 2.20. The maximum atomic E-state index is 13.5. The van der Waals surface area contributed by atoms with Crippen molar-refractivity contribution in [3.63, 3.8) is 0 Å². The van der Waals surface area contributed by atoms with Crippen LogP contribution < -0.4 is 11.0 Å². The molecular weight excluding hydrogens is 438 g/mol. The summed E-state index contributed by atoms with van der Waals surface area (Å²) in [6.07, 6.45) is 0. The number of H-pyrrole nitrogens is 1. The number of halogens is 1. The van der Waals surface area contributed by atoms with Gasteiger partial charge in [0.05, 0.1) is 0 Å². The number of hydrogen-bond acceptors (Lipinski definition) is 4. The Bertz CT molecular complexity index is 1540. The van der Waals surface area contributed by atoms with Gasteiger partial charge in [-0.15, -0.1) is 0 Å². The van der Waals surface area contributed by atoms with Crippen LogP contribution in [0, 0.1) is 6.92 Å². The summed E-state index contributed by atoms with van der Waals surface area (Å²) in [7, 11) is 0. The van der Waals surface area contributed by atoms with Crippen molar-refractivity contribution in [1.29, 1.82) is 0 Å². The van der Waals surface area contributed by atoms with E-state index in [1.165, 1.54) is 0 Å². The zero-order chi connectivity index (χ0) is 22.9. The molecule has 0 spiro atoms. The Morgan fingerprint density at radius 1 is 0.970 bits per heavy atom. The van der Waals surface area contributed by atoms with Gasteiger partial charge in [0.15, 0.2) is 11.3 Å². The molecule has 33 heavy (non-hydrogen) atoms. The first-order valence-electron chi connectivity index (χ1n) is 10.2. The predicted molar refractivity (Wildman–Crippen MR) is 129 cm³/mol. The predicted octanol–water partition coefficient (Wildman–Crippen LogP) is 4.80. The number of carbonyl (C=O) groups is 1. The average molecular weight is 456 g/mol. The van der Waals surface area contributed by atoms with Crippen molar-refractivity contribution < 1.29 is 4.79 Å². The van der Waals surface area contributed by atoms with Gasteiger partial charge in [0.25, 0.3) is 11.5 Å². The normalized spacial score (nSPS) is 11.0. The number of benzene rings is 3. The summed E-state index contributed by atoms with van der Waals surface area (Å²) >= 11 is 6.02. The summed E-state index contributed by atoms with van der Waals surface area (Å²) in [5.41, 5.74) is 6.21. The summed E-state index contributed by atoms with van der Waals surface area (Å²) in [6.45, 7) is 1.95. The number of aromatic amines is 1. The highest BCUT2D eigenvalue weighted by molar-refractivity contribution is 6.30. The van der Waals surface area contributed by atoms with Gasteiger partial charge in [-0.2, -0.15) is 9.77 Å². The van der Waals surface area contributed by atoms with Gasteiger partial charge >= 0.3 is 0 Å². The quantitative estimate of drug-likeness (QED) is 0.407. The first-order valence-corrected chi connectivity index (χ1v) is 10.6. The number of carbonyl (C=O) groups excluding carboxylic acids is 1. The lowest BCUT2D eigenvalue weighted by Crippen LogP contribution is -2.35. The van der Waals surface area contributed by atoms with Crippen molar-refractivity contribution in [2.45, 2.75) is 6.92 Å². The lowest BCUT2D eigenvalue weighted by molar-refractivity contribution is 0.101. The molecule has 162 valence electrons. The van der Waals surface area contributed by atoms with E-state index >= 15 is 0 Å². The summed E-state index contributed by atoms with van der Waals surface area (Å²) in [4.78, 5) is 31.1. The lowest BCUT2D eigenvalue weighted by Gasteiger charge is -2.14. The van der Waals surface area contributed by atoms with Crippen molar-refractivity contribution in [3.8, 4) is 22.6 Å². The van der Waals surface area contributed by atoms with E-state index in [1.54, 1.807) is 36.4 Å². The van der Waals surface area contributed by atoms with Crippen LogP contribution in [-0.2, 0) is 0 Å². The summed E-state index contributed by atoms with van der Waals surface area (Å²) in [5, 5.41) is 7.71. The standard InChI is InChI=1S/C25H18ClN5O2/c1-15-6-5-9-18(14-15)23-27-21-20(16-10-12-19(26)13-11-16)28-29-22(21)25(33)31(23)30-24(32)17-7-3-2-4-8-17/h2-14H,1H3,(H,28,29)(H,30,32). The van der Waals surface area contributed by atoms with Crippen molar-refractivity contribution in [1.82, 2.24) is 19.9 Å². The Morgan fingerprint density at radius 2 is 1.73 bits per heavy atom. The molecule has 7 nitrogen and oxygen atoms in total. The van der Waals surface area contributed by atoms with Gasteiger partial charge in [-0.3, -0.25) is 20.1 Å². The van der Waals surface area contributed by atoms with Crippen molar-refractivity contribution in [2.75, 3.05) is 5.43 Å². The minimum Gasteiger partial charge on any atom is -0.270 e. The van der Waals surface area contributed by atoms with E-state index < -0.39 is 11.5 Å². The molecule has 2 heterocycles. The fourth-order valence-corrected chi connectivity index (χ4v) is 3.73. The minimum absolute atomic E-state index is 0.185. The van der Waals surface area contributed by atoms with Crippen LogP contribution in [0.1, 0.15) is 15.9 Å². The molecule has 0 aliphatic carbocycles. The molecule has 5 aromatic rings. The number of hydrogen-bond donors (Lipinski definition) is 2. The molecule has 0 aliphatic rings. The number of rotatable bonds is 4. The molecule has 0 atom stereocenters. The second-order valence-electron chi connectivity index (χ2n) is 7.56. The molecule has 1 amide bonds. The van der Waals surface area contributed by atoms with Crippen LogP contribution in [0.15, 0.2) is 83.7 Å². The summed E-state index contributed by atoms with van der Waals surface area (Å²) in [5.74, 6) is -0.123. The summed E-state index contributed by atoms with van der Waals surface area (Å²) in [6, 6.07) is 23.4. The van der Waals surface area contributed by atoms with Gasteiger partial charge in [0, 0.05) is 21.7 Å². The van der Waals surface area contributed by atoms with E-state index in [0.29, 0.717) is 33.2 Å². The van der Waals surface area contributed by atoms with E-state index in [9.17, 15) is 9.59 Å². The van der Waals surface area contributed by atoms with Crippen molar-refractivity contribution in [2.24, 2.45) is 0 Å². The number of aryl methyl sites for hydroxylation is 1. The Labute approximate surface area is 193 Å². The maximum absolute atomic E-state index is 13.5. The van der Waals surface area contributed by atoms with Crippen LogP contribution in [0.3, 0.4) is 0 Å². The highest BCUT2D eigenvalue weighted by atomic mass is 35.5. The Morgan fingerprint density at radius 3 is 2.45 bits per heavy atom. The number of nitrogens with one attached hydrogen (secondary N) is 2.